The van der Waals surface area contributed by atoms with Crippen molar-refractivity contribution in [2.75, 3.05) is 39.3 Å². The number of aromatic amines is 1. The van der Waals surface area contributed by atoms with Crippen LogP contribution >= 0.6 is 0 Å². The molecule has 0 aromatic carbocycles. The van der Waals surface area contributed by atoms with Gasteiger partial charge in [-0.3, -0.25) is 9.89 Å². The normalized spacial score (nSPS) is 20.8. The second-order valence-electron chi connectivity index (χ2n) is 7.14. The lowest BCUT2D eigenvalue weighted by atomic mass is 10.1. The molecule has 12 heteroatoms. The molecule has 164 valence electrons. The number of likely N-dealkylation sites (tertiary alicyclic amines) is 1. The maximum atomic E-state index is 12.1. The van der Waals surface area contributed by atoms with Gasteiger partial charge in [-0.05, 0) is 45.0 Å². The minimum atomic E-state index is -5.08. The van der Waals surface area contributed by atoms with E-state index in [0.717, 1.165) is 57.7 Å². The number of carbonyl (C=O) groups excluding carboxylic acids is 1. The number of alkyl halides is 3. The van der Waals surface area contributed by atoms with Crippen LogP contribution in [-0.2, 0) is 4.79 Å². The Balaban J connectivity index is 0.000000370. The number of piperidine rings is 1. The Hall–Kier alpha value is -2.18. The van der Waals surface area contributed by atoms with Crippen molar-refractivity contribution in [2.24, 2.45) is 5.73 Å². The number of aliphatic carboxylic acids is 1. The van der Waals surface area contributed by atoms with Crippen LogP contribution < -0.4 is 16.4 Å². The highest BCUT2D eigenvalue weighted by atomic mass is 19.4. The van der Waals surface area contributed by atoms with E-state index in [1.165, 1.54) is 0 Å². The summed E-state index contributed by atoms with van der Waals surface area (Å²) in [6.07, 6.45) is -1.89. The monoisotopic (exact) mass is 420 g/mol. The molecule has 2 aliphatic heterocycles. The molecule has 29 heavy (non-hydrogen) atoms. The molecule has 1 unspecified atom stereocenters. The van der Waals surface area contributed by atoms with Gasteiger partial charge in [-0.15, -0.1) is 0 Å². The molecule has 1 aromatic rings. The zero-order valence-corrected chi connectivity index (χ0v) is 16.0. The number of carbonyl (C=O) groups is 2. The van der Waals surface area contributed by atoms with Crippen molar-refractivity contribution in [2.45, 2.75) is 37.4 Å². The summed E-state index contributed by atoms with van der Waals surface area (Å²) in [5.74, 6) is -2.40. The van der Waals surface area contributed by atoms with E-state index in [1.807, 2.05) is 6.07 Å². The summed E-state index contributed by atoms with van der Waals surface area (Å²) in [5.41, 5.74) is 7.44. The van der Waals surface area contributed by atoms with Gasteiger partial charge in [0, 0.05) is 37.3 Å². The molecule has 9 nitrogen and oxygen atoms in total. The van der Waals surface area contributed by atoms with Gasteiger partial charge in [-0.1, -0.05) is 0 Å². The van der Waals surface area contributed by atoms with Gasteiger partial charge in [0.05, 0.1) is 0 Å². The Labute approximate surface area is 166 Å². The largest absolute Gasteiger partial charge is 0.490 e. The minimum absolute atomic E-state index is 0.0952. The number of halogens is 3. The van der Waals surface area contributed by atoms with Crippen LogP contribution in [-0.4, -0.2) is 83.6 Å². The van der Waals surface area contributed by atoms with Crippen molar-refractivity contribution in [3.8, 4) is 0 Å². The fourth-order valence-corrected chi connectivity index (χ4v) is 3.18. The summed E-state index contributed by atoms with van der Waals surface area (Å²) >= 11 is 0. The summed E-state index contributed by atoms with van der Waals surface area (Å²) in [6.45, 7) is 5.57. The number of amides is 1. The fraction of sp³-hybridized carbons (Fsp3) is 0.706. The van der Waals surface area contributed by atoms with E-state index in [1.54, 1.807) is 0 Å². The number of rotatable bonds is 5. The van der Waals surface area contributed by atoms with Crippen LogP contribution in [0.2, 0.25) is 0 Å². The summed E-state index contributed by atoms with van der Waals surface area (Å²) in [5, 5.41) is 20.5. The summed E-state index contributed by atoms with van der Waals surface area (Å²) in [7, 11) is 0. The molecule has 3 heterocycles. The van der Waals surface area contributed by atoms with Crippen LogP contribution in [0.15, 0.2) is 6.07 Å². The number of hydrogen-bond acceptors (Lipinski definition) is 6. The van der Waals surface area contributed by atoms with Crippen LogP contribution in [0.1, 0.15) is 41.4 Å². The molecular formula is C17H27F3N6O3. The Kier molecular flexibility index (Phi) is 8.41. The number of nitrogens with two attached hydrogens (primary N) is 1. The van der Waals surface area contributed by atoms with E-state index in [4.69, 9.17) is 15.6 Å². The van der Waals surface area contributed by atoms with E-state index in [0.29, 0.717) is 24.2 Å². The van der Waals surface area contributed by atoms with E-state index in [2.05, 4.69) is 25.7 Å². The van der Waals surface area contributed by atoms with E-state index in [-0.39, 0.29) is 5.91 Å². The Morgan fingerprint density at radius 1 is 1.31 bits per heavy atom. The standard InChI is InChI=1S/C15H26N6O.C2HF3O2/c16-12-2-6-21(7-3-12)8-5-18-15(22)14-9-13(19-20-14)11-1-4-17-10-11;3-2(4,5)1(6)7/h9,11-12,17H,1-8,10,16H2,(H,18,22)(H,19,20);(H,6,7). The molecule has 2 fully saturated rings. The molecule has 0 spiro atoms. The highest BCUT2D eigenvalue weighted by molar-refractivity contribution is 5.92. The maximum Gasteiger partial charge on any atom is 0.490 e. The van der Waals surface area contributed by atoms with Crippen molar-refractivity contribution in [1.82, 2.24) is 25.7 Å². The second kappa shape index (κ2) is 10.6. The summed E-state index contributed by atoms with van der Waals surface area (Å²) in [6, 6.07) is 2.23. The zero-order chi connectivity index (χ0) is 21.4. The van der Waals surface area contributed by atoms with Crippen molar-refractivity contribution >= 4 is 11.9 Å². The molecule has 2 aliphatic rings. The minimum Gasteiger partial charge on any atom is -0.475 e. The first-order chi connectivity index (χ1) is 13.7. The van der Waals surface area contributed by atoms with Gasteiger partial charge in [0.15, 0.2) is 0 Å². The molecule has 0 radical (unpaired) electrons. The second-order valence-corrected chi connectivity index (χ2v) is 7.14. The predicted molar refractivity (Wildman–Crippen MR) is 98.5 cm³/mol. The Morgan fingerprint density at radius 2 is 1.97 bits per heavy atom. The third-order valence-electron chi connectivity index (χ3n) is 4.92. The molecule has 1 amide bonds. The highest BCUT2D eigenvalue weighted by Crippen LogP contribution is 2.20. The molecule has 0 bridgehead atoms. The van der Waals surface area contributed by atoms with Gasteiger partial charge in [0.2, 0.25) is 0 Å². The van der Waals surface area contributed by atoms with Crippen LogP contribution in [0.25, 0.3) is 0 Å². The average molecular weight is 420 g/mol. The van der Waals surface area contributed by atoms with E-state index >= 15 is 0 Å². The number of H-pyrrole nitrogens is 1. The van der Waals surface area contributed by atoms with Crippen molar-refractivity contribution in [1.29, 1.82) is 0 Å². The Morgan fingerprint density at radius 3 is 2.52 bits per heavy atom. The summed E-state index contributed by atoms with van der Waals surface area (Å²) < 4.78 is 31.7. The molecular weight excluding hydrogens is 393 g/mol. The maximum absolute atomic E-state index is 12.1. The van der Waals surface area contributed by atoms with E-state index in [9.17, 15) is 18.0 Å². The highest BCUT2D eigenvalue weighted by Gasteiger charge is 2.38. The number of carboxylic acid groups (broad SMARTS) is 1. The molecule has 0 aliphatic carbocycles. The first-order valence-electron chi connectivity index (χ1n) is 9.49. The van der Waals surface area contributed by atoms with Crippen LogP contribution in [0, 0.1) is 0 Å². The topological polar surface area (TPSA) is 136 Å². The lowest BCUT2D eigenvalue weighted by Crippen LogP contribution is -2.43. The smallest absolute Gasteiger partial charge is 0.475 e. The van der Waals surface area contributed by atoms with Crippen LogP contribution in [0.3, 0.4) is 0 Å². The van der Waals surface area contributed by atoms with Crippen LogP contribution in [0.4, 0.5) is 13.2 Å². The van der Waals surface area contributed by atoms with Gasteiger partial charge < -0.3 is 26.4 Å². The summed E-state index contributed by atoms with van der Waals surface area (Å²) in [4.78, 5) is 23.4. The Bertz CT molecular complexity index is 668. The zero-order valence-electron chi connectivity index (χ0n) is 16.0. The number of hydrogen-bond donors (Lipinski definition) is 5. The molecule has 0 saturated carbocycles. The molecule has 6 N–H and O–H groups in total. The van der Waals surface area contributed by atoms with Crippen molar-refractivity contribution < 1.29 is 27.9 Å². The lowest BCUT2D eigenvalue weighted by molar-refractivity contribution is -0.192. The third kappa shape index (κ3) is 7.63. The number of nitrogens with one attached hydrogen (secondary N) is 3. The molecule has 3 rings (SSSR count). The number of carboxylic acids is 1. The van der Waals surface area contributed by atoms with Crippen LogP contribution in [0.5, 0.6) is 0 Å². The first kappa shape index (κ1) is 23.1. The van der Waals surface area contributed by atoms with Crippen molar-refractivity contribution in [3.63, 3.8) is 0 Å². The lowest BCUT2D eigenvalue weighted by Gasteiger charge is -2.29. The quantitative estimate of drug-likeness (QED) is 0.461. The molecule has 1 atom stereocenters. The van der Waals surface area contributed by atoms with Gasteiger partial charge in [-0.2, -0.15) is 18.3 Å². The molecule has 2 saturated heterocycles. The first-order valence-corrected chi connectivity index (χ1v) is 9.49. The number of aromatic nitrogens is 2. The molecule has 1 aromatic heterocycles. The van der Waals surface area contributed by atoms with Gasteiger partial charge >= 0.3 is 12.1 Å². The average Bonchev–Trinajstić information content (AvgIpc) is 3.34. The third-order valence-corrected chi connectivity index (χ3v) is 4.92. The SMILES string of the molecule is NC1CCN(CCNC(=O)c2cc(C3CCNC3)[nH]n2)CC1.O=C(O)C(F)(F)F. The van der Waals surface area contributed by atoms with Gasteiger partial charge in [0.25, 0.3) is 5.91 Å². The van der Waals surface area contributed by atoms with E-state index < -0.39 is 12.1 Å². The number of nitrogens with zero attached hydrogens (tertiary/aromatic N) is 2. The van der Waals surface area contributed by atoms with Gasteiger partial charge in [0.1, 0.15) is 5.69 Å². The fourth-order valence-electron chi connectivity index (χ4n) is 3.18. The predicted octanol–water partition coefficient (Wildman–Crippen LogP) is 0.273. The van der Waals surface area contributed by atoms with Crippen molar-refractivity contribution in [3.05, 3.63) is 17.5 Å². The van der Waals surface area contributed by atoms with Gasteiger partial charge in [-0.25, -0.2) is 4.79 Å².